The van der Waals surface area contributed by atoms with Gasteiger partial charge in [-0.2, -0.15) is 0 Å². The summed E-state index contributed by atoms with van der Waals surface area (Å²) in [5, 5.41) is 9.02. The van der Waals surface area contributed by atoms with Crippen LogP contribution in [0.15, 0.2) is 12.1 Å². The number of carbonyl (C=O) groups is 1. The maximum atomic E-state index is 11.0. The molecule has 4 nitrogen and oxygen atoms in total. The molecule has 0 saturated heterocycles. The van der Waals surface area contributed by atoms with Crippen LogP contribution in [0.1, 0.15) is 18.1 Å². The number of alkyl halides is 1. The standard InChI is InChI=1S/C14H19BrO4/c1-8-5-11(18-3)10(12(6-8)19-4)7-9(2)13(15)14(16)17/h5-6,9,13H,7H2,1-4H3,(H,16,17). The predicted octanol–water partition coefficient (Wildman–Crippen LogP) is 3.04. The van der Waals surface area contributed by atoms with E-state index in [1.807, 2.05) is 26.0 Å². The van der Waals surface area contributed by atoms with Crippen molar-refractivity contribution in [2.45, 2.75) is 25.1 Å². The molecule has 19 heavy (non-hydrogen) atoms. The van der Waals surface area contributed by atoms with Gasteiger partial charge < -0.3 is 14.6 Å². The summed E-state index contributed by atoms with van der Waals surface area (Å²) in [6.45, 7) is 3.84. The van der Waals surface area contributed by atoms with Crippen molar-refractivity contribution in [1.29, 1.82) is 0 Å². The fourth-order valence-electron chi connectivity index (χ4n) is 1.99. The number of halogens is 1. The fraction of sp³-hybridized carbons (Fsp3) is 0.500. The van der Waals surface area contributed by atoms with E-state index >= 15 is 0 Å². The molecular weight excluding hydrogens is 312 g/mol. The molecule has 0 radical (unpaired) electrons. The molecule has 0 aliphatic heterocycles. The lowest BCUT2D eigenvalue weighted by Gasteiger charge is -2.19. The summed E-state index contributed by atoms with van der Waals surface area (Å²) in [7, 11) is 3.20. The summed E-state index contributed by atoms with van der Waals surface area (Å²) in [5.41, 5.74) is 1.94. The zero-order valence-electron chi connectivity index (χ0n) is 11.6. The van der Waals surface area contributed by atoms with E-state index in [1.165, 1.54) is 0 Å². The quantitative estimate of drug-likeness (QED) is 0.814. The smallest absolute Gasteiger partial charge is 0.317 e. The largest absolute Gasteiger partial charge is 0.496 e. The lowest BCUT2D eigenvalue weighted by atomic mass is 9.95. The molecule has 106 valence electrons. The third-order valence-electron chi connectivity index (χ3n) is 3.01. The van der Waals surface area contributed by atoms with Crippen LogP contribution >= 0.6 is 15.9 Å². The van der Waals surface area contributed by atoms with Crippen LogP contribution in [0.4, 0.5) is 0 Å². The minimum atomic E-state index is -0.863. The first kappa shape index (κ1) is 15.8. The number of aryl methyl sites for hydroxylation is 1. The molecule has 0 heterocycles. The molecular formula is C14H19BrO4. The first-order valence-corrected chi connectivity index (χ1v) is 6.90. The highest BCUT2D eigenvalue weighted by Crippen LogP contribution is 2.33. The lowest BCUT2D eigenvalue weighted by Crippen LogP contribution is -2.23. The molecule has 1 aromatic rings. The van der Waals surface area contributed by atoms with Crippen molar-refractivity contribution >= 4 is 21.9 Å². The van der Waals surface area contributed by atoms with Gasteiger partial charge in [-0.05, 0) is 37.0 Å². The van der Waals surface area contributed by atoms with E-state index in [0.29, 0.717) is 6.42 Å². The molecule has 2 atom stereocenters. The molecule has 0 aliphatic rings. The van der Waals surface area contributed by atoms with Gasteiger partial charge in [-0.25, -0.2) is 0 Å². The molecule has 2 unspecified atom stereocenters. The Morgan fingerprint density at radius 1 is 1.32 bits per heavy atom. The number of hydrogen-bond acceptors (Lipinski definition) is 3. The van der Waals surface area contributed by atoms with Crippen LogP contribution in [0.5, 0.6) is 11.5 Å². The molecule has 0 aliphatic carbocycles. The Balaban J connectivity index is 3.08. The zero-order chi connectivity index (χ0) is 14.6. The summed E-state index contributed by atoms with van der Waals surface area (Å²) in [4.78, 5) is 10.4. The fourth-order valence-corrected chi connectivity index (χ4v) is 2.17. The summed E-state index contributed by atoms with van der Waals surface area (Å²) in [5.74, 6) is 0.517. The van der Waals surface area contributed by atoms with Gasteiger partial charge in [0.1, 0.15) is 16.3 Å². The van der Waals surface area contributed by atoms with Crippen molar-refractivity contribution < 1.29 is 19.4 Å². The van der Waals surface area contributed by atoms with Gasteiger partial charge >= 0.3 is 5.97 Å². The van der Waals surface area contributed by atoms with E-state index < -0.39 is 10.8 Å². The number of ether oxygens (including phenoxy) is 2. The summed E-state index contributed by atoms with van der Waals surface area (Å²) in [6.07, 6.45) is 0.564. The molecule has 1 N–H and O–H groups in total. The normalized spacial score (nSPS) is 13.7. The molecule has 1 aromatic carbocycles. The van der Waals surface area contributed by atoms with Gasteiger partial charge in [0.15, 0.2) is 0 Å². The minimum Gasteiger partial charge on any atom is -0.496 e. The van der Waals surface area contributed by atoms with E-state index in [2.05, 4.69) is 15.9 Å². The third-order valence-corrected chi connectivity index (χ3v) is 4.31. The minimum absolute atomic E-state index is 0.0805. The second-order valence-electron chi connectivity index (χ2n) is 4.57. The SMILES string of the molecule is COc1cc(C)cc(OC)c1CC(C)C(Br)C(=O)O. The van der Waals surface area contributed by atoms with Crippen LogP contribution in [-0.2, 0) is 11.2 Å². The average molecular weight is 331 g/mol. The van der Waals surface area contributed by atoms with Crippen LogP contribution in [0, 0.1) is 12.8 Å². The van der Waals surface area contributed by atoms with Crippen LogP contribution in [-0.4, -0.2) is 30.1 Å². The molecule has 0 spiro atoms. The van der Waals surface area contributed by atoms with E-state index in [-0.39, 0.29) is 5.92 Å². The Labute approximate surface area is 121 Å². The highest BCUT2D eigenvalue weighted by molar-refractivity contribution is 9.10. The number of carboxylic acid groups (broad SMARTS) is 1. The molecule has 0 bridgehead atoms. The number of rotatable bonds is 6. The van der Waals surface area contributed by atoms with E-state index in [9.17, 15) is 4.79 Å². The Morgan fingerprint density at radius 3 is 2.16 bits per heavy atom. The van der Waals surface area contributed by atoms with Gasteiger partial charge in [-0.15, -0.1) is 0 Å². The first-order chi connectivity index (χ1) is 8.90. The Morgan fingerprint density at radius 2 is 1.79 bits per heavy atom. The van der Waals surface area contributed by atoms with Crippen LogP contribution in [0.25, 0.3) is 0 Å². The van der Waals surface area contributed by atoms with Crippen molar-refractivity contribution in [3.8, 4) is 11.5 Å². The average Bonchev–Trinajstić information content (AvgIpc) is 2.38. The molecule has 0 fully saturated rings. The molecule has 1 rings (SSSR count). The molecule has 0 amide bonds. The van der Waals surface area contributed by atoms with Gasteiger partial charge in [-0.3, -0.25) is 4.79 Å². The topological polar surface area (TPSA) is 55.8 Å². The number of hydrogen-bond donors (Lipinski definition) is 1. The van der Waals surface area contributed by atoms with Gasteiger partial charge in [0.25, 0.3) is 0 Å². The number of benzene rings is 1. The summed E-state index contributed by atoms with van der Waals surface area (Å²) >= 11 is 3.19. The van der Waals surface area contributed by atoms with Crippen LogP contribution in [0.2, 0.25) is 0 Å². The van der Waals surface area contributed by atoms with Crippen molar-refractivity contribution in [1.82, 2.24) is 0 Å². The molecule has 0 saturated carbocycles. The second kappa shape index (κ2) is 6.80. The van der Waals surface area contributed by atoms with Crippen LogP contribution in [0.3, 0.4) is 0 Å². The van der Waals surface area contributed by atoms with Gasteiger partial charge in [-0.1, -0.05) is 22.9 Å². The third kappa shape index (κ3) is 3.86. The maximum absolute atomic E-state index is 11.0. The highest BCUT2D eigenvalue weighted by atomic mass is 79.9. The van der Waals surface area contributed by atoms with Gasteiger partial charge in [0.05, 0.1) is 14.2 Å². The first-order valence-electron chi connectivity index (χ1n) is 5.99. The van der Waals surface area contributed by atoms with Crippen molar-refractivity contribution in [3.05, 3.63) is 23.3 Å². The van der Waals surface area contributed by atoms with Crippen molar-refractivity contribution in [2.24, 2.45) is 5.92 Å². The van der Waals surface area contributed by atoms with E-state index in [0.717, 1.165) is 22.6 Å². The Kier molecular flexibility index (Phi) is 5.66. The molecule has 0 aromatic heterocycles. The van der Waals surface area contributed by atoms with Gasteiger partial charge in [0, 0.05) is 5.56 Å². The van der Waals surface area contributed by atoms with Crippen molar-refractivity contribution in [3.63, 3.8) is 0 Å². The predicted molar refractivity (Wildman–Crippen MR) is 77.5 cm³/mol. The Hall–Kier alpha value is -1.23. The number of methoxy groups -OCH3 is 2. The molecule has 5 heteroatoms. The summed E-state index contributed by atoms with van der Waals surface area (Å²) < 4.78 is 10.7. The van der Waals surface area contributed by atoms with E-state index in [4.69, 9.17) is 14.6 Å². The Bertz CT molecular complexity index is 434. The second-order valence-corrected chi connectivity index (χ2v) is 5.56. The maximum Gasteiger partial charge on any atom is 0.317 e. The van der Waals surface area contributed by atoms with E-state index in [1.54, 1.807) is 14.2 Å². The van der Waals surface area contributed by atoms with Crippen molar-refractivity contribution in [2.75, 3.05) is 14.2 Å². The zero-order valence-corrected chi connectivity index (χ0v) is 13.2. The van der Waals surface area contributed by atoms with Crippen LogP contribution < -0.4 is 9.47 Å². The lowest BCUT2D eigenvalue weighted by molar-refractivity contribution is -0.137. The summed E-state index contributed by atoms with van der Waals surface area (Å²) in [6, 6.07) is 3.85. The van der Waals surface area contributed by atoms with Gasteiger partial charge in [0.2, 0.25) is 0 Å². The number of carboxylic acids is 1. The number of aliphatic carboxylic acids is 1. The highest BCUT2D eigenvalue weighted by Gasteiger charge is 2.24. The monoisotopic (exact) mass is 330 g/mol.